The van der Waals surface area contributed by atoms with E-state index in [0.717, 1.165) is 30.3 Å². The number of nitrogens with zero attached hydrogens (tertiary/aromatic N) is 1. The molecule has 0 radical (unpaired) electrons. The first-order valence-electron chi connectivity index (χ1n) is 7.13. The number of likely N-dealkylation sites (tertiary alicyclic amines) is 1. The number of hydrogen-bond acceptors (Lipinski definition) is 5. The maximum atomic E-state index is 11.7. The van der Waals surface area contributed by atoms with E-state index in [1.165, 1.54) is 12.1 Å². The first-order chi connectivity index (χ1) is 9.93. The molecule has 5 nitrogen and oxygen atoms in total. The van der Waals surface area contributed by atoms with Crippen LogP contribution in [0.3, 0.4) is 0 Å². The maximum Gasteiger partial charge on any atom is 0.336 e. The van der Waals surface area contributed by atoms with Crippen molar-refractivity contribution in [2.45, 2.75) is 31.9 Å². The van der Waals surface area contributed by atoms with Gasteiger partial charge in [-0.25, -0.2) is 4.79 Å². The van der Waals surface area contributed by atoms with Crippen molar-refractivity contribution in [3.05, 3.63) is 40.2 Å². The summed E-state index contributed by atoms with van der Waals surface area (Å²) < 4.78 is 5.13. The fourth-order valence-corrected chi connectivity index (χ4v) is 3.05. The Labute approximate surface area is 122 Å². The van der Waals surface area contributed by atoms with Crippen LogP contribution in [0, 0.1) is 0 Å². The predicted octanol–water partition coefficient (Wildman–Crippen LogP) is 1.85. The molecule has 0 amide bonds. The zero-order valence-corrected chi connectivity index (χ0v) is 12.0. The molecule has 0 aliphatic carbocycles. The molecule has 1 saturated heterocycles. The van der Waals surface area contributed by atoms with Gasteiger partial charge in [-0.3, -0.25) is 4.90 Å². The predicted molar refractivity (Wildman–Crippen MR) is 79.3 cm³/mol. The van der Waals surface area contributed by atoms with Gasteiger partial charge < -0.3 is 14.6 Å². The third kappa shape index (κ3) is 3.09. The Bertz CT molecular complexity index is 720. The van der Waals surface area contributed by atoms with Crippen LogP contribution in [0.5, 0.6) is 5.75 Å². The summed E-state index contributed by atoms with van der Waals surface area (Å²) in [6.07, 6.45) is 1.74. The van der Waals surface area contributed by atoms with Gasteiger partial charge in [0.05, 0.1) is 5.60 Å². The smallest absolute Gasteiger partial charge is 0.336 e. The van der Waals surface area contributed by atoms with Gasteiger partial charge in [0.1, 0.15) is 11.3 Å². The molecule has 112 valence electrons. The lowest BCUT2D eigenvalue weighted by Crippen LogP contribution is -2.45. The highest BCUT2D eigenvalue weighted by Gasteiger charge is 2.28. The van der Waals surface area contributed by atoms with Gasteiger partial charge in [0, 0.05) is 30.6 Å². The van der Waals surface area contributed by atoms with Crippen LogP contribution in [-0.4, -0.2) is 33.8 Å². The second-order valence-corrected chi connectivity index (χ2v) is 6.08. The fourth-order valence-electron chi connectivity index (χ4n) is 3.05. The highest BCUT2D eigenvalue weighted by molar-refractivity contribution is 5.81. The Morgan fingerprint density at radius 3 is 2.95 bits per heavy atom. The van der Waals surface area contributed by atoms with Crippen LogP contribution in [0.1, 0.15) is 25.3 Å². The normalized spacial score (nSPS) is 23.5. The molecule has 1 aliphatic heterocycles. The number of fused-ring (bicyclic) bond motifs is 1. The summed E-state index contributed by atoms with van der Waals surface area (Å²) in [6, 6.07) is 6.28. The molecule has 5 heteroatoms. The molecule has 1 aromatic carbocycles. The fraction of sp³-hybridized carbons (Fsp3) is 0.438. The summed E-state index contributed by atoms with van der Waals surface area (Å²) in [5.74, 6) is 0.0729. The van der Waals surface area contributed by atoms with Crippen molar-refractivity contribution in [2.75, 3.05) is 13.1 Å². The second kappa shape index (κ2) is 5.16. The van der Waals surface area contributed by atoms with E-state index in [4.69, 9.17) is 4.42 Å². The van der Waals surface area contributed by atoms with E-state index in [0.29, 0.717) is 18.7 Å². The quantitative estimate of drug-likeness (QED) is 0.825. The molecule has 21 heavy (non-hydrogen) atoms. The third-order valence-electron chi connectivity index (χ3n) is 3.96. The molecule has 2 heterocycles. The van der Waals surface area contributed by atoms with E-state index in [-0.39, 0.29) is 5.75 Å². The van der Waals surface area contributed by atoms with E-state index in [1.54, 1.807) is 12.1 Å². The first kappa shape index (κ1) is 14.1. The average Bonchev–Trinajstić information content (AvgIpc) is 2.36. The molecule has 1 aromatic heterocycles. The monoisotopic (exact) mass is 289 g/mol. The summed E-state index contributed by atoms with van der Waals surface area (Å²) in [5.41, 5.74) is 0.151. The van der Waals surface area contributed by atoms with Crippen molar-refractivity contribution in [3.63, 3.8) is 0 Å². The van der Waals surface area contributed by atoms with Crippen LogP contribution in [0.15, 0.2) is 33.5 Å². The number of aliphatic hydroxyl groups is 1. The number of phenols is 1. The van der Waals surface area contributed by atoms with Crippen molar-refractivity contribution in [3.8, 4) is 5.75 Å². The number of rotatable bonds is 2. The molecular formula is C16H19NO4. The summed E-state index contributed by atoms with van der Waals surface area (Å²) in [6.45, 7) is 3.92. The highest BCUT2D eigenvalue weighted by atomic mass is 16.4. The minimum absolute atomic E-state index is 0.0729. The van der Waals surface area contributed by atoms with Gasteiger partial charge in [-0.05, 0) is 44.0 Å². The van der Waals surface area contributed by atoms with Crippen LogP contribution in [0.2, 0.25) is 0 Å². The standard InChI is InChI=1S/C16H19NO4/c1-16(20)5-2-6-17(10-16)9-11-7-15(19)21-14-8-12(18)3-4-13(11)14/h3-4,7-8,18,20H,2,5-6,9-10H2,1H3. The molecule has 1 aliphatic rings. The number of hydrogen-bond donors (Lipinski definition) is 2. The average molecular weight is 289 g/mol. The minimum atomic E-state index is -0.675. The molecular weight excluding hydrogens is 270 g/mol. The van der Waals surface area contributed by atoms with E-state index in [2.05, 4.69) is 4.90 Å². The van der Waals surface area contributed by atoms with Crippen molar-refractivity contribution < 1.29 is 14.6 Å². The topological polar surface area (TPSA) is 73.9 Å². The van der Waals surface area contributed by atoms with Crippen LogP contribution in [0.25, 0.3) is 11.0 Å². The van der Waals surface area contributed by atoms with E-state index in [1.807, 2.05) is 6.92 Å². The lowest BCUT2D eigenvalue weighted by molar-refractivity contribution is -0.0180. The first-order valence-corrected chi connectivity index (χ1v) is 7.13. The second-order valence-electron chi connectivity index (χ2n) is 6.08. The summed E-state index contributed by atoms with van der Waals surface area (Å²) in [7, 11) is 0. The lowest BCUT2D eigenvalue weighted by Gasteiger charge is -2.36. The molecule has 1 unspecified atom stereocenters. The van der Waals surface area contributed by atoms with Gasteiger partial charge in [-0.1, -0.05) is 0 Å². The van der Waals surface area contributed by atoms with Crippen molar-refractivity contribution >= 4 is 11.0 Å². The molecule has 0 bridgehead atoms. The SMILES string of the molecule is CC1(O)CCCN(Cc2cc(=O)oc3cc(O)ccc23)C1. The van der Waals surface area contributed by atoms with Crippen molar-refractivity contribution in [1.82, 2.24) is 4.90 Å². The summed E-state index contributed by atoms with van der Waals surface area (Å²) in [5, 5.41) is 20.5. The van der Waals surface area contributed by atoms with Crippen LogP contribution >= 0.6 is 0 Å². The molecule has 1 atom stereocenters. The Morgan fingerprint density at radius 1 is 1.38 bits per heavy atom. The number of aromatic hydroxyl groups is 1. The van der Waals surface area contributed by atoms with Gasteiger partial charge in [-0.2, -0.15) is 0 Å². The van der Waals surface area contributed by atoms with Crippen molar-refractivity contribution in [2.24, 2.45) is 0 Å². The van der Waals surface area contributed by atoms with E-state index in [9.17, 15) is 15.0 Å². The van der Waals surface area contributed by atoms with Crippen molar-refractivity contribution in [1.29, 1.82) is 0 Å². The number of piperidine rings is 1. The van der Waals surface area contributed by atoms with Gasteiger partial charge in [0.25, 0.3) is 0 Å². The van der Waals surface area contributed by atoms with Crippen LogP contribution in [0.4, 0.5) is 0 Å². The molecule has 2 aromatic rings. The van der Waals surface area contributed by atoms with Crippen LogP contribution < -0.4 is 5.63 Å². The largest absolute Gasteiger partial charge is 0.508 e. The summed E-state index contributed by atoms with van der Waals surface area (Å²) >= 11 is 0. The minimum Gasteiger partial charge on any atom is -0.508 e. The zero-order valence-electron chi connectivity index (χ0n) is 12.0. The van der Waals surface area contributed by atoms with Gasteiger partial charge in [0.2, 0.25) is 0 Å². The Morgan fingerprint density at radius 2 is 2.19 bits per heavy atom. The molecule has 0 spiro atoms. The Hall–Kier alpha value is -1.85. The maximum absolute atomic E-state index is 11.7. The van der Waals surface area contributed by atoms with E-state index < -0.39 is 11.2 Å². The number of β-amino-alcohol motifs (C(OH)–C–C–N with tert-alkyl or cyclic N) is 1. The van der Waals surface area contributed by atoms with Gasteiger partial charge in [0.15, 0.2) is 0 Å². The molecule has 0 saturated carbocycles. The van der Waals surface area contributed by atoms with Crippen LogP contribution in [-0.2, 0) is 6.54 Å². The Balaban J connectivity index is 1.95. The molecule has 1 fully saturated rings. The zero-order chi connectivity index (χ0) is 15.0. The lowest BCUT2D eigenvalue weighted by atomic mass is 9.94. The Kier molecular flexibility index (Phi) is 3.47. The van der Waals surface area contributed by atoms with Gasteiger partial charge in [-0.15, -0.1) is 0 Å². The highest BCUT2D eigenvalue weighted by Crippen LogP contribution is 2.25. The third-order valence-corrected chi connectivity index (χ3v) is 3.96. The molecule has 2 N–H and O–H groups in total. The number of benzene rings is 1. The number of phenolic OH excluding ortho intramolecular Hbond substituents is 1. The summed E-state index contributed by atoms with van der Waals surface area (Å²) in [4.78, 5) is 13.8. The van der Waals surface area contributed by atoms with E-state index >= 15 is 0 Å². The molecule has 3 rings (SSSR count). The van der Waals surface area contributed by atoms with Gasteiger partial charge >= 0.3 is 5.63 Å².